The molecular weight excluding hydrogens is 378 g/mol. The zero-order chi connectivity index (χ0) is 17.9. The molecule has 0 fully saturated rings. The van der Waals surface area contributed by atoms with Gasteiger partial charge in [0.15, 0.2) is 0 Å². The average molecular weight is 394 g/mol. The van der Waals surface area contributed by atoms with Gasteiger partial charge in [-0.15, -0.1) is 22.7 Å². The molecule has 0 aliphatic carbocycles. The summed E-state index contributed by atoms with van der Waals surface area (Å²) < 4.78 is 25.9. The largest absolute Gasteiger partial charge is 0.346 e. The summed E-state index contributed by atoms with van der Waals surface area (Å²) in [5, 5.41) is 5.26. The van der Waals surface area contributed by atoms with Gasteiger partial charge in [0.05, 0.1) is 6.54 Å². The molecule has 0 spiro atoms. The molecular formula is C16H15N3O3S3. The van der Waals surface area contributed by atoms with Gasteiger partial charge in [0.25, 0.3) is 5.91 Å². The van der Waals surface area contributed by atoms with Crippen LogP contribution in [0, 0.1) is 0 Å². The van der Waals surface area contributed by atoms with E-state index in [2.05, 4.69) is 15.0 Å². The van der Waals surface area contributed by atoms with Crippen molar-refractivity contribution in [1.82, 2.24) is 15.0 Å². The fourth-order valence-corrected chi connectivity index (χ4v) is 4.99. The highest BCUT2D eigenvalue weighted by atomic mass is 32.2. The molecule has 6 nitrogen and oxygen atoms in total. The number of sulfonamides is 1. The van der Waals surface area contributed by atoms with Crippen LogP contribution in [0.25, 0.3) is 10.6 Å². The summed E-state index contributed by atoms with van der Waals surface area (Å²) in [7, 11) is -2.09. The summed E-state index contributed by atoms with van der Waals surface area (Å²) in [5.41, 5.74) is 1.31. The third-order valence-corrected chi connectivity index (χ3v) is 7.23. The molecule has 0 bridgehead atoms. The molecule has 3 aromatic rings. The second-order valence-corrected chi connectivity index (χ2v) is 9.15. The highest BCUT2D eigenvalue weighted by Crippen LogP contribution is 2.24. The van der Waals surface area contributed by atoms with Crippen LogP contribution in [0.5, 0.6) is 0 Å². The number of thiazole rings is 1. The lowest BCUT2D eigenvalue weighted by Gasteiger charge is -2.01. The number of aromatic nitrogens is 1. The van der Waals surface area contributed by atoms with E-state index in [1.807, 2.05) is 30.3 Å². The molecule has 2 heterocycles. The average Bonchev–Trinajstić information content (AvgIpc) is 3.30. The fourth-order valence-electron chi connectivity index (χ4n) is 2.05. The Labute approximate surface area is 153 Å². The van der Waals surface area contributed by atoms with Crippen molar-refractivity contribution in [2.24, 2.45) is 0 Å². The number of amides is 1. The van der Waals surface area contributed by atoms with Gasteiger partial charge in [0, 0.05) is 15.8 Å². The normalized spacial score (nSPS) is 11.4. The molecule has 25 heavy (non-hydrogen) atoms. The Bertz CT molecular complexity index is 978. The molecule has 0 atom stereocenters. The first-order valence-corrected chi connectivity index (χ1v) is 10.5. The number of carbonyl (C=O) groups is 1. The Balaban J connectivity index is 1.65. The standard InChI is InChI=1S/C16H15N3O3S3/c1-17-25(21,22)14-8-7-12(24-14)9-18-15(20)13-10-23-16(19-13)11-5-3-2-4-6-11/h2-8,10,17H,9H2,1H3,(H,18,20). The van der Waals surface area contributed by atoms with E-state index >= 15 is 0 Å². The number of hydrogen-bond donors (Lipinski definition) is 2. The van der Waals surface area contributed by atoms with E-state index in [9.17, 15) is 13.2 Å². The summed E-state index contributed by atoms with van der Waals surface area (Å²) in [6, 6.07) is 12.9. The predicted molar refractivity (Wildman–Crippen MR) is 99.3 cm³/mol. The molecule has 0 aliphatic rings. The van der Waals surface area contributed by atoms with Gasteiger partial charge in [0.1, 0.15) is 14.9 Å². The smallest absolute Gasteiger partial charge is 0.271 e. The maximum Gasteiger partial charge on any atom is 0.271 e. The minimum absolute atomic E-state index is 0.222. The van der Waals surface area contributed by atoms with E-state index in [0.717, 1.165) is 26.8 Å². The van der Waals surface area contributed by atoms with Crippen LogP contribution < -0.4 is 10.0 Å². The zero-order valence-electron chi connectivity index (χ0n) is 13.2. The number of hydrogen-bond acceptors (Lipinski definition) is 6. The van der Waals surface area contributed by atoms with Gasteiger partial charge >= 0.3 is 0 Å². The Kier molecular flexibility index (Phi) is 5.28. The van der Waals surface area contributed by atoms with Crippen molar-refractivity contribution in [2.45, 2.75) is 10.8 Å². The highest BCUT2D eigenvalue weighted by Gasteiger charge is 2.15. The van der Waals surface area contributed by atoms with Gasteiger partial charge in [-0.3, -0.25) is 4.79 Å². The van der Waals surface area contributed by atoms with E-state index in [1.54, 1.807) is 11.4 Å². The molecule has 0 saturated carbocycles. The van der Waals surface area contributed by atoms with Crippen molar-refractivity contribution < 1.29 is 13.2 Å². The second kappa shape index (κ2) is 7.44. The number of nitrogens with zero attached hydrogens (tertiary/aromatic N) is 1. The van der Waals surface area contributed by atoms with Crippen LogP contribution in [0.4, 0.5) is 0 Å². The quantitative estimate of drug-likeness (QED) is 0.674. The van der Waals surface area contributed by atoms with Crippen LogP contribution in [0.1, 0.15) is 15.4 Å². The van der Waals surface area contributed by atoms with Crippen LogP contribution in [0.15, 0.2) is 52.1 Å². The Hall–Kier alpha value is -2.07. The molecule has 9 heteroatoms. The van der Waals surface area contributed by atoms with Crippen LogP contribution in [-0.2, 0) is 16.6 Å². The SMILES string of the molecule is CNS(=O)(=O)c1ccc(CNC(=O)c2csc(-c3ccccc3)n2)s1. The lowest BCUT2D eigenvalue weighted by atomic mass is 10.2. The third kappa shape index (κ3) is 4.13. The van der Waals surface area contributed by atoms with Crippen molar-refractivity contribution >= 4 is 38.6 Å². The van der Waals surface area contributed by atoms with E-state index in [0.29, 0.717) is 5.69 Å². The highest BCUT2D eigenvalue weighted by molar-refractivity contribution is 7.91. The predicted octanol–water partition coefficient (Wildman–Crippen LogP) is 2.71. The first-order chi connectivity index (χ1) is 12.0. The molecule has 2 aromatic heterocycles. The van der Waals surface area contributed by atoms with Crippen molar-refractivity contribution in [3.63, 3.8) is 0 Å². The topological polar surface area (TPSA) is 88.2 Å². The molecule has 3 rings (SSSR count). The summed E-state index contributed by atoms with van der Waals surface area (Å²) in [4.78, 5) is 17.3. The van der Waals surface area contributed by atoms with Crippen molar-refractivity contribution in [3.8, 4) is 10.6 Å². The lowest BCUT2D eigenvalue weighted by molar-refractivity contribution is 0.0947. The van der Waals surface area contributed by atoms with E-state index in [4.69, 9.17) is 0 Å². The van der Waals surface area contributed by atoms with Gasteiger partial charge in [-0.2, -0.15) is 0 Å². The summed E-state index contributed by atoms with van der Waals surface area (Å²) in [6.07, 6.45) is 0. The fraction of sp³-hybridized carbons (Fsp3) is 0.125. The monoisotopic (exact) mass is 393 g/mol. The maximum atomic E-state index is 12.2. The Morgan fingerprint density at radius 3 is 2.64 bits per heavy atom. The number of nitrogens with one attached hydrogen (secondary N) is 2. The van der Waals surface area contributed by atoms with Crippen LogP contribution in [0.2, 0.25) is 0 Å². The van der Waals surface area contributed by atoms with E-state index in [1.165, 1.54) is 24.5 Å². The van der Waals surface area contributed by atoms with Crippen LogP contribution in [0.3, 0.4) is 0 Å². The molecule has 1 aromatic carbocycles. The van der Waals surface area contributed by atoms with Gasteiger partial charge in [-0.05, 0) is 19.2 Å². The molecule has 0 aliphatic heterocycles. The van der Waals surface area contributed by atoms with Gasteiger partial charge in [0.2, 0.25) is 10.0 Å². The van der Waals surface area contributed by atoms with Crippen molar-refractivity contribution in [3.05, 3.63) is 58.4 Å². The number of carbonyl (C=O) groups excluding carboxylic acids is 1. The summed E-state index contributed by atoms with van der Waals surface area (Å²) >= 11 is 2.53. The molecule has 130 valence electrons. The van der Waals surface area contributed by atoms with Gasteiger partial charge in [-0.1, -0.05) is 30.3 Å². The number of rotatable bonds is 6. The van der Waals surface area contributed by atoms with E-state index < -0.39 is 10.0 Å². The first-order valence-electron chi connectivity index (χ1n) is 7.31. The van der Waals surface area contributed by atoms with Gasteiger partial charge < -0.3 is 5.32 Å². The molecule has 1 amide bonds. The third-order valence-electron chi connectivity index (χ3n) is 3.35. The minimum atomic E-state index is -3.45. The van der Waals surface area contributed by atoms with Gasteiger partial charge in [-0.25, -0.2) is 18.1 Å². The molecule has 0 unspecified atom stereocenters. The zero-order valence-corrected chi connectivity index (χ0v) is 15.7. The summed E-state index contributed by atoms with van der Waals surface area (Å²) in [6.45, 7) is 0.251. The molecule has 0 saturated heterocycles. The van der Waals surface area contributed by atoms with Crippen molar-refractivity contribution in [2.75, 3.05) is 7.05 Å². The maximum absolute atomic E-state index is 12.2. The second-order valence-electron chi connectivity index (χ2n) is 5.01. The van der Waals surface area contributed by atoms with Crippen molar-refractivity contribution in [1.29, 1.82) is 0 Å². The summed E-state index contributed by atoms with van der Waals surface area (Å²) in [5.74, 6) is -0.287. The Morgan fingerprint density at radius 2 is 1.92 bits per heavy atom. The van der Waals surface area contributed by atoms with E-state index in [-0.39, 0.29) is 16.7 Å². The molecule has 2 N–H and O–H groups in total. The number of thiophene rings is 1. The molecule has 0 radical (unpaired) electrons. The van der Waals surface area contributed by atoms with Crippen LogP contribution >= 0.6 is 22.7 Å². The lowest BCUT2D eigenvalue weighted by Crippen LogP contribution is -2.22. The first kappa shape index (κ1) is 17.7. The Morgan fingerprint density at radius 1 is 1.16 bits per heavy atom. The van der Waals surface area contributed by atoms with Crippen LogP contribution in [-0.4, -0.2) is 26.4 Å². The minimum Gasteiger partial charge on any atom is -0.346 e. The number of benzene rings is 1.